The first-order valence-corrected chi connectivity index (χ1v) is 12.3. The Labute approximate surface area is 230 Å². The van der Waals surface area contributed by atoms with E-state index in [4.69, 9.17) is 5.73 Å². The number of benzene rings is 4. The van der Waals surface area contributed by atoms with Gasteiger partial charge in [0.2, 0.25) is 5.91 Å². The van der Waals surface area contributed by atoms with Crippen LogP contribution in [0.3, 0.4) is 0 Å². The van der Waals surface area contributed by atoms with Crippen LogP contribution in [0.4, 0.5) is 26.3 Å². The molecular formula is C31H21F6N3O. The van der Waals surface area contributed by atoms with Gasteiger partial charge in [-0.2, -0.15) is 26.3 Å². The zero-order valence-corrected chi connectivity index (χ0v) is 21.2. The third-order valence-corrected chi connectivity index (χ3v) is 6.49. The van der Waals surface area contributed by atoms with Gasteiger partial charge in [0.25, 0.3) is 0 Å². The van der Waals surface area contributed by atoms with E-state index in [-0.39, 0.29) is 29.6 Å². The summed E-state index contributed by atoms with van der Waals surface area (Å²) in [6.45, 7) is 0.0238. The van der Waals surface area contributed by atoms with E-state index in [1.807, 2.05) is 0 Å². The summed E-state index contributed by atoms with van der Waals surface area (Å²) in [6, 6.07) is 25.4. The van der Waals surface area contributed by atoms with Crippen molar-refractivity contribution in [3.05, 3.63) is 125 Å². The van der Waals surface area contributed by atoms with Crippen molar-refractivity contribution >= 4 is 5.91 Å². The van der Waals surface area contributed by atoms with Crippen LogP contribution in [0.1, 0.15) is 27.0 Å². The van der Waals surface area contributed by atoms with Gasteiger partial charge in [-0.1, -0.05) is 72.8 Å². The summed E-state index contributed by atoms with van der Waals surface area (Å²) in [7, 11) is 0. The Balaban J connectivity index is 1.82. The van der Waals surface area contributed by atoms with Gasteiger partial charge in [-0.25, -0.2) is 4.98 Å². The number of carbonyl (C=O) groups is 1. The van der Waals surface area contributed by atoms with E-state index in [9.17, 15) is 31.1 Å². The number of amides is 1. The van der Waals surface area contributed by atoms with Crippen molar-refractivity contribution in [3.8, 4) is 33.9 Å². The molecule has 0 aliphatic rings. The number of alkyl halides is 6. The third kappa shape index (κ3) is 5.86. The van der Waals surface area contributed by atoms with E-state index < -0.39 is 29.4 Å². The molecule has 0 saturated carbocycles. The maximum atomic E-state index is 13.8. The smallest absolute Gasteiger partial charge is 0.366 e. The molecule has 0 aliphatic carbocycles. The first-order valence-electron chi connectivity index (χ1n) is 12.3. The Morgan fingerprint density at radius 3 is 1.68 bits per heavy atom. The number of imidazole rings is 1. The summed E-state index contributed by atoms with van der Waals surface area (Å²) in [5, 5.41) is 0. The second-order valence-electron chi connectivity index (χ2n) is 9.31. The number of rotatable bonds is 6. The van der Waals surface area contributed by atoms with Gasteiger partial charge in [-0.15, -0.1) is 0 Å². The summed E-state index contributed by atoms with van der Waals surface area (Å²) in [4.78, 5) is 16.2. The maximum absolute atomic E-state index is 13.8. The summed E-state index contributed by atoms with van der Waals surface area (Å²) in [5.74, 6) is -0.724. The highest BCUT2D eigenvalue weighted by atomic mass is 19.4. The first-order chi connectivity index (χ1) is 19.4. The highest BCUT2D eigenvalue weighted by molar-refractivity contribution is 5.92. The molecular weight excluding hydrogens is 544 g/mol. The van der Waals surface area contributed by atoms with Crippen molar-refractivity contribution < 1.29 is 31.1 Å². The number of primary amides is 1. The molecule has 0 radical (unpaired) electrons. The lowest BCUT2D eigenvalue weighted by Crippen LogP contribution is -2.12. The predicted octanol–water partition coefficient (Wildman–Crippen LogP) is 8.07. The van der Waals surface area contributed by atoms with E-state index in [0.717, 1.165) is 0 Å². The Hall–Kier alpha value is -4.86. The number of nitrogens with zero attached hydrogens (tertiary/aromatic N) is 2. The molecule has 0 atom stereocenters. The quantitative estimate of drug-likeness (QED) is 0.212. The maximum Gasteiger partial charge on any atom is 0.416 e. The van der Waals surface area contributed by atoms with Crippen LogP contribution < -0.4 is 5.73 Å². The van der Waals surface area contributed by atoms with Gasteiger partial charge < -0.3 is 10.3 Å². The highest BCUT2D eigenvalue weighted by Gasteiger charge is 2.37. The zero-order chi connectivity index (χ0) is 29.4. The number of carbonyl (C=O) groups excluding carboxylic acids is 1. The Morgan fingerprint density at radius 1 is 0.683 bits per heavy atom. The van der Waals surface area contributed by atoms with Gasteiger partial charge in [-0.05, 0) is 35.9 Å². The minimum atomic E-state index is -5.03. The zero-order valence-electron chi connectivity index (χ0n) is 21.2. The van der Waals surface area contributed by atoms with E-state index in [1.54, 1.807) is 77.4 Å². The van der Waals surface area contributed by atoms with Gasteiger partial charge in [-0.3, -0.25) is 4.79 Å². The Morgan fingerprint density at radius 2 is 1.20 bits per heavy atom. The van der Waals surface area contributed by atoms with Crippen molar-refractivity contribution in [2.24, 2.45) is 5.73 Å². The van der Waals surface area contributed by atoms with Gasteiger partial charge in [0.05, 0.1) is 22.5 Å². The van der Waals surface area contributed by atoms with Crippen LogP contribution >= 0.6 is 0 Å². The fraction of sp³-hybridized carbons (Fsp3) is 0.0968. The average molecular weight is 566 g/mol. The monoisotopic (exact) mass is 565 g/mol. The molecule has 5 aromatic rings. The predicted molar refractivity (Wildman–Crippen MR) is 143 cm³/mol. The Kier molecular flexibility index (Phi) is 7.17. The van der Waals surface area contributed by atoms with Crippen LogP contribution in [-0.4, -0.2) is 15.5 Å². The van der Waals surface area contributed by atoms with Crippen molar-refractivity contribution in [1.29, 1.82) is 0 Å². The van der Waals surface area contributed by atoms with E-state index in [0.29, 0.717) is 40.2 Å². The van der Waals surface area contributed by atoms with Gasteiger partial charge in [0.1, 0.15) is 5.82 Å². The lowest BCUT2D eigenvalue weighted by atomic mass is 10.0. The number of hydrogen-bond acceptors (Lipinski definition) is 2. The molecule has 0 fully saturated rings. The van der Waals surface area contributed by atoms with Crippen molar-refractivity contribution in [3.63, 3.8) is 0 Å². The molecule has 0 bridgehead atoms. The van der Waals surface area contributed by atoms with Crippen molar-refractivity contribution in [2.45, 2.75) is 18.9 Å². The van der Waals surface area contributed by atoms with Gasteiger partial charge in [0.15, 0.2) is 0 Å². The number of hydrogen-bond donors (Lipinski definition) is 1. The lowest BCUT2D eigenvalue weighted by molar-refractivity contribution is -0.143. The fourth-order valence-corrected chi connectivity index (χ4v) is 4.55. The molecule has 0 aliphatic heterocycles. The molecule has 4 aromatic carbocycles. The summed E-state index contributed by atoms with van der Waals surface area (Å²) in [6.07, 6.45) is -10.1. The molecule has 1 heterocycles. The summed E-state index contributed by atoms with van der Waals surface area (Å²) in [5.41, 5.74) is 5.14. The SMILES string of the molecule is NC(=O)c1ccc(Cn2c(-c3cc(C(F)(F)F)cc(C(F)(F)F)c3)nc(-c3ccccc3)c2-c2ccccc2)cc1. The summed E-state index contributed by atoms with van der Waals surface area (Å²) < 4.78 is 84.3. The van der Waals surface area contributed by atoms with Crippen LogP contribution in [0.15, 0.2) is 103 Å². The fourth-order valence-electron chi connectivity index (χ4n) is 4.55. The molecule has 0 spiro atoms. The molecule has 0 saturated heterocycles. The molecule has 5 rings (SSSR count). The molecule has 1 aromatic heterocycles. The van der Waals surface area contributed by atoms with Crippen LogP contribution in [0.25, 0.3) is 33.9 Å². The molecule has 0 unspecified atom stereocenters. The topological polar surface area (TPSA) is 60.9 Å². The second-order valence-corrected chi connectivity index (χ2v) is 9.31. The normalized spacial score (nSPS) is 12.0. The summed E-state index contributed by atoms with van der Waals surface area (Å²) >= 11 is 0. The third-order valence-electron chi connectivity index (χ3n) is 6.49. The van der Waals surface area contributed by atoms with Crippen LogP contribution in [-0.2, 0) is 18.9 Å². The van der Waals surface area contributed by atoms with E-state index in [2.05, 4.69) is 4.98 Å². The van der Waals surface area contributed by atoms with Crippen molar-refractivity contribution in [1.82, 2.24) is 9.55 Å². The van der Waals surface area contributed by atoms with Crippen LogP contribution in [0.5, 0.6) is 0 Å². The van der Waals surface area contributed by atoms with E-state index in [1.165, 1.54) is 12.1 Å². The molecule has 10 heteroatoms. The molecule has 2 N–H and O–H groups in total. The molecule has 41 heavy (non-hydrogen) atoms. The number of halogens is 6. The van der Waals surface area contributed by atoms with Crippen LogP contribution in [0, 0.1) is 0 Å². The van der Waals surface area contributed by atoms with Crippen LogP contribution in [0.2, 0.25) is 0 Å². The Bertz CT molecular complexity index is 1660. The second kappa shape index (κ2) is 10.6. The minimum Gasteiger partial charge on any atom is -0.366 e. The number of nitrogens with two attached hydrogens (primary N) is 1. The average Bonchev–Trinajstić information content (AvgIpc) is 3.32. The molecule has 1 amide bonds. The first kappa shape index (κ1) is 27.7. The number of aromatic nitrogens is 2. The van der Waals surface area contributed by atoms with E-state index >= 15 is 0 Å². The minimum absolute atomic E-state index is 0.0238. The highest BCUT2D eigenvalue weighted by Crippen LogP contribution is 2.41. The van der Waals surface area contributed by atoms with Gasteiger partial charge in [0, 0.05) is 28.8 Å². The van der Waals surface area contributed by atoms with Gasteiger partial charge >= 0.3 is 12.4 Å². The molecule has 4 nitrogen and oxygen atoms in total. The largest absolute Gasteiger partial charge is 0.416 e. The lowest BCUT2D eigenvalue weighted by Gasteiger charge is -2.17. The standard InChI is InChI=1S/C31H21F6N3O/c32-30(33,34)24-15-23(16-25(17-24)31(35,36)37)29-39-26(20-7-3-1-4-8-20)27(21-9-5-2-6-10-21)40(29)18-19-11-13-22(14-12-19)28(38)41/h1-17H,18H2,(H2,38,41). The molecule has 208 valence electrons. The van der Waals surface area contributed by atoms with Crippen molar-refractivity contribution in [2.75, 3.05) is 0 Å².